The number of rotatable bonds is 6. The number of ether oxygens (including phenoxy) is 1. The van der Waals surface area contributed by atoms with Crippen LogP contribution in [0.5, 0.6) is 0 Å². The first-order valence-electron chi connectivity index (χ1n) is 9.66. The number of carbonyl (C=O) groups is 4. The Kier molecular flexibility index (Phi) is 6.97. The summed E-state index contributed by atoms with van der Waals surface area (Å²) in [6.45, 7) is 3.61. The predicted octanol–water partition coefficient (Wildman–Crippen LogP) is 3.24. The van der Waals surface area contributed by atoms with Crippen LogP contribution in [-0.4, -0.2) is 43.9 Å². The number of hydrogen-bond donors (Lipinski definition) is 2. The molecular formula is C21H22ClN3O5S. The highest BCUT2D eigenvalue weighted by Crippen LogP contribution is 2.36. The summed E-state index contributed by atoms with van der Waals surface area (Å²) in [6, 6.07) is 6.93. The minimum absolute atomic E-state index is 0.0124. The van der Waals surface area contributed by atoms with E-state index in [1.165, 1.54) is 11.9 Å². The van der Waals surface area contributed by atoms with E-state index in [0.717, 1.165) is 11.3 Å². The van der Waals surface area contributed by atoms with Crippen molar-refractivity contribution in [3.8, 4) is 0 Å². The van der Waals surface area contributed by atoms with E-state index in [-0.39, 0.29) is 42.0 Å². The van der Waals surface area contributed by atoms with Gasteiger partial charge in [0.05, 0.1) is 33.7 Å². The first kappa shape index (κ1) is 22.8. The highest BCUT2D eigenvalue weighted by molar-refractivity contribution is 7.18. The van der Waals surface area contributed by atoms with E-state index in [9.17, 15) is 19.2 Å². The summed E-state index contributed by atoms with van der Waals surface area (Å²) in [5.41, 5.74) is 1.12. The second kappa shape index (κ2) is 9.49. The molecule has 0 spiro atoms. The summed E-state index contributed by atoms with van der Waals surface area (Å²) < 4.78 is 5.10. The molecule has 0 aliphatic carbocycles. The molecule has 0 saturated carbocycles. The maximum absolute atomic E-state index is 12.9. The Hall–Kier alpha value is -2.91. The summed E-state index contributed by atoms with van der Waals surface area (Å²) in [7, 11) is 1.48. The fourth-order valence-corrected chi connectivity index (χ4v) is 4.76. The summed E-state index contributed by atoms with van der Waals surface area (Å²) >= 11 is 7.19. The van der Waals surface area contributed by atoms with Crippen molar-refractivity contribution in [2.45, 2.75) is 20.3 Å². The average Bonchev–Trinajstić information content (AvgIpc) is 3.28. The van der Waals surface area contributed by atoms with Crippen LogP contribution in [0.3, 0.4) is 0 Å². The number of carbonyl (C=O) groups excluding carboxylic acids is 4. The molecule has 1 atom stereocenters. The van der Waals surface area contributed by atoms with Crippen molar-refractivity contribution in [3.05, 3.63) is 45.3 Å². The second-order valence-corrected chi connectivity index (χ2v) is 8.33. The Morgan fingerprint density at radius 3 is 2.65 bits per heavy atom. The number of nitrogens with one attached hydrogen (secondary N) is 2. The summed E-state index contributed by atoms with van der Waals surface area (Å²) in [5.74, 6) is -2.26. The lowest BCUT2D eigenvalue weighted by molar-refractivity contribution is -0.122. The van der Waals surface area contributed by atoms with Crippen LogP contribution in [0.25, 0.3) is 0 Å². The largest absolute Gasteiger partial charge is 0.462 e. The van der Waals surface area contributed by atoms with Gasteiger partial charge >= 0.3 is 5.97 Å². The van der Waals surface area contributed by atoms with Crippen LogP contribution in [0, 0.1) is 12.8 Å². The standard InChI is InChI=1S/C21H22ClN3O5S/c1-4-30-21(29)16-11(2)17(19(28)23-3)31-20(16)24-18(27)12-9-15(26)25(10-12)14-8-6-5-7-13(14)22/h5-8,12H,4,9-10H2,1-3H3,(H,23,28)(H,24,27). The number of para-hydroxylation sites is 1. The Bertz CT molecular complexity index is 1050. The maximum Gasteiger partial charge on any atom is 0.341 e. The normalized spacial score (nSPS) is 15.7. The Morgan fingerprint density at radius 2 is 2.00 bits per heavy atom. The van der Waals surface area contributed by atoms with Gasteiger partial charge in [0.25, 0.3) is 5.91 Å². The van der Waals surface area contributed by atoms with E-state index < -0.39 is 17.8 Å². The molecule has 1 saturated heterocycles. The SMILES string of the molecule is CCOC(=O)c1c(NC(=O)C2CC(=O)N(c3ccccc3Cl)C2)sc(C(=O)NC)c1C. The van der Waals surface area contributed by atoms with Gasteiger partial charge in [0.2, 0.25) is 11.8 Å². The minimum atomic E-state index is -0.635. The van der Waals surface area contributed by atoms with E-state index in [1.807, 2.05) is 0 Å². The monoisotopic (exact) mass is 463 g/mol. The number of thiophene rings is 1. The van der Waals surface area contributed by atoms with Crippen molar-refractivity contribution in [3.63, 3.8) is 0 Å². The average molecular weight is 464 g/mol. The van der Waals surface area contributed by atoms with Gasteiger partial charge in [0, 0.05) is 20.0 Å². The summed E-state index contributed by atoms with van der Waals surface area (Å²) in [5, 5.41) is 5.89. The number of amides is 3. The molecule has 0 radical (unpaired) electrons. The van der Waals surface area contributed by atoms with Gasteiger partial charge in [-0.05, 0) is 31.5 Å². The van der Waals surface area contributed by atoms with E-state index >= 15 is 0 Å². The molecule has 164 valence electrons. The minimum Gasteiger partial charge on any atom is -0.462 e. The molecule has 8 nitrogen and oxygen atoms in total. The van der Waals surface area contributed by atoms with Gasteiger partial charge in [0.1, 0.15) is 5.00 Å². The molecule has 1 fully saturated rings. The molecule has 1 aromatic carbocycles. The summed E-state index contributed by atoms with van der Waals surface area (Å²) in [6.07, 6.45) is 0.0124. The second-order valence-electron chi connectivity index (χ2n) is 6.91. The van der Waals surface area contributed by atoms with Crippen LogP contribution in [0.4, 0.5) is 10.7 Å². The Balaban J connectivity index is 1.84. The molecule has 1 aliphatic rings. The van der Waals surface area contributed by atoms with Gasteiger partial charge in [-0.3, -0.25) is 14.4 Å². The molecule has 1 aliphatic heterocycles. The number of halogens is 1. The lowest BCUT2D eigenvalue weighted by Gasteiger charge is -2.18. The van der Waals surface area contributed by atoms with E-state index in [1.54, 1.807) is 38.1 Å². The van der Waals surface area contributed by atoms with Gasteiger partial charge in [-0.25, -0.2) is 4.79 Å². The molecule has 2 N–H and O–H groups in total. The zero-order valence-electron chi connectivity index (χ0n) is 17.3. The molecular weight excluding hydrogens is 442 g/mol. The number of esters is 1. The Labute approximate surface area is 188 Å². The fraction of sp³-hybridized carbons (Fsp3) is 0.333. The van der Waals surface area contributed by atoms with Crippen LogP contribution < -0.4 is 15.5 Å². The van der Waals surface area contributed by atoms with Gasteiger partial charge in [-0.2, -0.15) is 0 Å². The van der Waals surface area contributed by atoms with Crippen molar-refractivity contribution in [2.24, 2.45) is 5.92 Å². The van der Waals surface area contributed by atoms with E-state index in [2.05, 4.69) is 10.6 Å². The molecule has 1 unspecified atom stereocenters. The summed E-state index contributed by atoms with van der Waals surface area (Å²) in [4.78, 5) is 51.9. The van der Waals surface area contributed by atoms with Crippen molar-refractivity contribution >= 4 is 57.3 Å². The van der Waals surface area contributed by atoms with Crippen LogP contribution in [0.2, 0.25) is 5.02 Å². The van der Waals surface area contributed by atoms with Crippen molar-refractivity contribution < 1.29 is 23.9 Å². The molecule has 1 aromatic heterocycles. The van der Waals surface area contributed by atoms with Gasteiger partial charge < -0.3 is 20.3 Å². The third kappa shape index (κ3) is 4.57. The Morgan fingerprint density at radius 1 is 1.29 bits per heavy atom. The molecule has 10 heteroatoms. The van der Waals surface area contributed by atoms with Crippen molar-refractivity contribution in [1.82, 2.24) is 5.32 Å². The number of benzene rings is 1. The smallest absolute Gasteiger partial charge is 0.341 e. The van der Waals surface area contributed by atoms with Crippen molar-refractivity contribution in [2.75, 3.05) is 30.4 Å². The quantitative estimate of drug-likeness (QED) is 0.640. The van der Waals surface area contributed by atoms with Crippen LogP contribution in [-0.2, 0) is 14.3 Å². The topological polar surface area (TPSA) is 105 Å². The first-order chi connectivity index (χ1) is 14.8. The third-order valence-corrected chi connectivity index (χ3v) is 6.46. The molecule has 2 heterocycles. The lowest BCUT2D eigenvalue weighted by atomic mass is 10.1. The molecule has 3 amide bonds. The number of anilines is 2. The van der Waals surface area contributed by atoms with Crippen molar-refractivity contribution in [1.29, 1.82) is 0 Å². The predicted molar refractivity (Wildman–Crippen MR) is 119 cm³/mol. The van der Waals surface area contributed by atoms with E-state index in [4.69, 9.17) is 16.3 Å². The maximum atomic E-state index is 12.9. The lowest BCUT2D eigenvalue weighted by Crippen LogP contribution is -2.28. The fourth-order valence-electron chi connectivity index (χ4n) is 3.38. The number of hydrogen-bond acceptors (Lipinski definition) is 6. The zero-order valence-corrected chi connectivity index (χ0v) is 18.9. The van der Waals surface area contributed by atoms with Crippen LogP contribution >= 0.6 is 22.9 Å². The van der Waals surface area contributed by atoms with Gasteiger partial charge in [-0.15, -0.1) is 11.3 Å². The highest BCUT2D eigenvalue weighted by atomic mass is 35.5. The van der Waals surface area contributed by atoms with Gasteiger partial charge in [-0.1, -0.05) is 23.7 Å². The molecule has 2 aromatic rings. The highest BCUT2D eigenvalue weighted by Gasteiger charge is 2.37. The molecule has 3 rings (SSSR count). The third-order valence-electron chi connectivity index (χ3n) is 4.94. The van der Waals surface area contributed by atoms with Crippen LogP contribution in [0.15, 0.2) is 24.3 Å². The first-order valence-corrected chi connectivity index (χ1v) is 10.9. The molecule has 31 heavy (non-hydrogen) atoms. The zero-order chi connectivity index (χ0) is 22.7. The van der Waals surface area contributed by atoms with Gasteiger partial charge in [0.15, 0.2) is 0 Å². The van der Waals surface area contributed by atoms with E-state index in [0.29, 0.717) is 21.2 Å². The molecule has 0 bridgehead atoms. The van der Waals surface area contributed by atoms with Crippen LogP contribution in [0.1, 0.15) is 38.9 Å². The number of nitrogens with zero attached hydrogens (tertiary/aromatic N) is 1.